The zero-order valence-corrected chi connectivity index (χ0v) is 10.4. The summed E-state index contributed by atoms with van der Waals surface area (Å²) in [4.78, 5) is 1.30. The molecule has 1 N–H and O–H groups in total. The fourth-order valence-electron chi connectivity index (χ4n) is 1.53. The van der Waals surface area contributed by atoms with Crippen molar-refractivity contribution in [2.45, 2.75) is 19.9 Å². The number of anilines is 1. The highest BCUT2D eigenvalue weighted by atomic mass is 32.1. The predicted molar refractivity (Wildman–Crippen MR) is 64.3 cm³/mol. The standard InChI is InChI=1S/C10H15N5S/c1-7(2)9(8-5-4-6-16-8)11-10-12-13-14-15(10)3/h4-7,9H,1-3H3,(H,11,12,14). The average molecular weight is 237 g/mol. The van der Waals surface area contributed by atoms with E-state index in [1.54, 1.807) is 16.0 Å². The molecule has 6 heteroatoms. The second-order valence-corrected chi connectivity index (χ2v) is 4.99. The number of rotatable bonds is 4. The Bertz CT molecular complexity index is 434. The Labute approximate surface area is 98.5 Å². The molecule has 1 atom stereocenters. The third-order valence-corrected chi connectivity index (χ3v) is 3.38. The SMILES string of the molecule is CC(C)C(Nc1nnnn1C)c1cccs1. The second kappa shape index (κ2) is 4.61. The number of aryl methyl sites for hydroxylation is 1. The average Bonchev–Trinajstić information content (AvgIpc) is 2.85. The van der Waals surface area contributed by atoms with Gasteiger partial charge in [0.15, 0.2) is 0 Å². The molecule has 0 saturated carbocycles. The number of hydrogen-bond acceptors (Lipinski definition) is 5. The van der Waals surface area contributed by atoms with E-state index < -0.39 is 0 Å². The van der Waals surface area contributed by atoms with Crippen molar-refractivity contribution in [1.82, 2.24) is 20.2 Å². The largest absolute Gasteiger partial charge is 0.345 e. The lowest BCUT2D eigenvalue weighted by atomic mass is 10.0. The van der Waals surface area contributed by atoms with Crippen molar-refractivity contribution in [2.24, 2.45) is 13.0 Å². The first-order chi connectivity index (χ1) is 7.68. The van der Waals surface area contributed by atoms with Crippen molar-refractivity contribution in [3.63, 3.8) is 0 Å². The van der Waals surface area contributed by atoms with Crippen LogP contribution in [0.5, 0.6) is 0 Å². The van der Waals surface area contributed by atoms with Gasteiger partial charge in [-0.1, -0.05) is 25.0 Å². The minimum absolute atomic E-state index is 0.254. The number of hydrogen-bond donors (Lipinski definition) is 1. The molecule has 0 aromatic carbocycles. The van der Waals surface area contributed by atoms with Gasteiger partial charge < -0.3 is 5.32 Å². The van der Waals surface area contributed by atoms with Crippen LogP contribution in [0, 0.1) is 5.92 Å². The molecule has 0 bridgehead atoms. The Hall–Kier alpha value is -1.43. The summed E-state index contributed by atoms with van der Waals surface area (Å²) in [6.45, 7) is 4.36. The lowest BCUT2D eigenvalue weighted by Gasteiger charge is -2.20. The van der Waals surface area contributed by atoms with Crippen LogP contribution in [0.4, 0.5) is 5.95 Å². The second-order valence-electron chi connectivity index (χ2n) is 4.01. The van der Waals surface area contributed by atoms with E-state index in [-0.39, 0.29) is 6.04 Å². The van der Waals surface area contributed by atoms with Gasteiger partial charge >= 0.3 is 0 Å². The summed E-state index contributed by atoms with van der Waals surface area (Å²) in [7, 11) is 1.83. The van der Waals surface area contributed by atoms with Gasteiger partial charge in [0.25, 0.3) is 0 Å². The molecule has 0 saturated heterocycles. The molecular weight excluding hydrogens is 222 g/mol. The van der Waals surface area contributed by atoms with E-state index in [1.165, 1.54) is 4.88 Å². The highest BCUT2D eigenvalue weighted by Crippen LogP contribution is 2.28. The van der Waals surface area contributed by atoms with Gasteiger partial charge in [0.1, 0.15) is 0 Å². The zero-order valence-electron chi connectivity index (χ0n) is 9.58. The molecule has 2 heterocycles. The molecule has 2 aromatic heterocycles. The van der Waals surface area contributed by atoms with Crippen molar-refractivity contribution >= 4 is 17.3 Å². The van der Waals surface area contributed by atoms with Gasteiger partial charge in [0, 0.05) is 11.9 Å². The van der Waals surface area contributed by atoms with Crippen LogP contribution in [0.25, 0.3) is 0 Å². The van der Waals surface area contributed by atoms with E-state index >= 15 is 0 Å². The smallest absolute Gasteiger partial charge is 0.243 e. The van der Waals surface area contributed by atoms with Crippen LogP contribution < -0.4 is 5.32 Å². The number of nitrogens with one attached hydrogen (secondary N) is 1. The first kappa shape index (κ1) is 11.1. The van der Waals surface area contributed by atoms with Crippen LogP contribution in [0.15, 0.2) is 17.5 Å². The van der Waals surface area contributed by atoms with Crippen LogP contribution >= 0.6 is 11.3 Å². The molecule has 1 unspecified atom stereocenters. The van der Waals surface area contributed by atoms with Crippen molar-refractivity contribution in [3.8, 4) is 0 Å². The minimum atomic E-state index is 0.254. The molecule has 0 radical (unpaired) electrons. The Morgan fingerprint density at radius 1 is 1.44 bits per heavy atom. The van der Waals surface area contributed by atoms with Gasteiger partial charge in [-0.15, -0.1) is 11.3 Å². The monoisotopic (exact) mass is 237 g/mol. The van der Waals surface area contributed by atoms with Gasteiger partial charge in [-0.05, 0) is 27.8 Å². The summed E-state index contributed by atoms with van der Waals surface area (Å²) >= 11 is 1.75. The van der Waals surface area contributed by atoms with E-state index in [9.17, 15) is 0 Å². The van der Waals surface area contributed by atoms with E-state index in [2.05, 4.69) is 52.2 Å². The highest BCUT2D eigenvalue weighted by Gasteiger charge is 2.18. The van der Waals surface area contributed by atoms with Gasteiger partial charge in [-0.2, -0.15) is 0 Å². The Morgan fingerprint density at radius 2 is 2.25 bits per heavy atom. The summed E-state index contributed by atoms with van der Waals surface area (Å²) in [6, 6.07) is 4.45. The summed E-state index contributed by atoms with van der Waals surface area (Å²) in [6.07, 6.45) is 0. The molecule has 2 aromatic rings. The number of nitrogens with zero attached hydrogens (tertiary/aromatic N) is 4. The Kier molecular flexibility index (Phi) is 3.19. The van der Waals surface area contributed by atoms with E-state index in [0.29, 0.717) is 11.9 Å². The molecule has 0 fully saturated rings. The molecule has 0 aliphatic rings. The first-order valence-corrected chi connectivity index (χ1v) is 6.08. The van der Waals surface area contributed by atoms with Crippen molar-refractivity contribution in [1.29, 1.82) is 0 Å². The van der Waals surface area contributed by atoms with Gasteiger partial charge in [0.2, 0.25) is 5.95 Å². The molecule has 0 aliphatic heterocycles. The van der Waals surface area contributed by atoms with E-state index in [4.69, 9.17) is 0 Å². The molecule has 5 nitrogen and oxygen atoms in total. The predicted octanol–water partition coefficient (Wildman–Crippen LogP) is 2.08. The lowest BCUT2D eigenvalue weighted by molar-refractivity contribution is 0.545. The Morgan fingerprint density at radius 3 is 2.75 bits per heavy atom. The third-order valence-electron chi connectivity index (χ3n) is 2.42. The van der Waals surface area contributed by atoms with Crippen molar-refractivity contribution in [3.05, 3.63) is 22.4 Å². The lowest BCUT2D eigenvalue weighted by Crippen LogP contribution is -2.18. The van der Waals surface area contributed by atoms with E-state index in [0.717, 1.165) is 0 Å². The van der Waals surface area contributed by atoms with Gasteiger partial charge in [-0.3, -0.25) is 0 Å². The number of aromatic nitrogens is 4. The maximum atomic E-state index is 3.94. The van der Waals surface area contributed by atoms with E-state index in [1.807, 2.05) is 7.05 Å². The van der Waals surface area contributed by atoms with Gasteiger partial charge in [0.05, 0.1) is 6.04 Å². The molecule has 0 aliphatic carbocycles. The summed E-state index contributed by atoms with van der Waals surface area (Å²) < 4.78 is 1.64. The molecule has 2 rings (SSSR count). The highest BCUT2D eigenvalue weighted by molar-refractivity contribution is 7.10. The maximum Gasteiger partial charge on any atom is 0.243 e. The van der Waals surface area contributed by atoms with Crippen LogP contribution in [0.1, 0.15) is 24.8 Å². The minimum Gasteiger partial charge on any atom is -0.345 e. The first-order valence-electron chi connectivity index (χ1n) is 5.20. The van der Waals surface area contributed by atoms with Crippen LogP contribution in [-0.2, 0) is 7.05 Å². The quantitative estimate of drug-likeness (QED) is 0.884. The van der Waals surface area contributed by atoms with Crippen LogP contribution in [0.3, 0.4) is 0 Å². The van der Waals surface area contributed by atoms with Crippen molar-refractivity contribution in [2.75, 3.05) is 5.32 Å². The topological polar surface area (TPSA) is 55.6 Å². The summed E-state index contributed by atoms with van der Waals surface area (Å²) in [5, 5.41) is 16.8. The molecular formula is C10H15N5S. The van der Waals surface area contributed by atoms with Crippen LogP contribution in [0.2, 0.25) is 0 Å². The fraction of sp³-hybridized carbons (Fsp3) is 0.500. The molecule has 86 valence electrons. The van der Waals surface area contributed by atoms with Gasteiger partial charge in [-0.25, -0.2) is 4.68 Å². The fourth-order valence-corrected chi connectivity index (χ4v) is 2.47. The normalized spacial score (nSPS) is 13.0. The summed E-state index contributed by atoms with van der Waals surface area (Å²) in [5.41, 5.74) is 0. The zero-order chi connectivity index (χ0) is 11.5. The van der Waals surface area contributed by atoms with Crippen molar-refractivity contribution < 1.29 is 0 Å². The maximum absolute atomic E-state index is 3.94. The number of thiophene rings is 1. The molecule has 16 heavy (non-hydrogen) atoms. The third kappa shape index (κ3) is 2.21. The number of tetrazole rings is 1. The molecule has 0 spiro atoms. The Balaban J connectivity index is 2.19. The summed E-state index contributed by atoms with van der Waals surface area (Å²) in [5.74, 6) is 1.18. The van der Waals surface area contributed by atoms with Crippen LogP contribution in [-0.4, -0.2) is 20.2 Å². The molecule has 0 amide bonds.